The normalized spacial score (nSPS) is 15.1. The number of fused-ring (bicyclic) bond motifs is 3. The number of halogens is 1. The number of benzene rings is 2. The third-order valence-electron chi connectivity index (χ3n) is 4.98. The number of hydrogen-bond donors (Lipinski definition) is 1. The van der Waals surface area contributed by atoms with E-state index in [0.29, 0.717) is 5.69 Å². The Bertz CT molecular complexity index is 1290. The lowest BCUT2D eigenvalue weighted by atomic mass is 9.98. The molecule has 0 saturated carbocycles. The van der Waals surface area contributed by atoms with Gasteiger partial charge in [-0.15, -0.1) is 5.54 Å². The molecule has 0 fully saturated rings. The van der Waals surface area contributed by atoms with Crippen LogP contribution in [0.3, 0.4) is 0 Å². The fraction of sp³-hybridized carbons (Fsp3) is 0.208. The number of nitrogens with zero attached hydrogens (tertiary/aromatic N) is 3. The SMILES string of the molecule is C[C@@H]1N=C(c2ccccc2I)c2cc(C#C[Si](C)(C)C)ccc2-n2cnc(C(N)=O)c21. The largest absolute Gasteiger partial charge is 0.364 e. The van der Waals surface area contributed by atoms with Crippen LogP contribution in [0.5, 0.6) is 0 Å². The Balaban J connectivity index is 2.02. The van der Waals surface area contributed by atoms with Crippen molar-refractivity contribution in [2.45, 2.75) is 32.6 Å². The first-order chi connectivity index (χ1) is 14.7. The second-order valence-corrected chi connectivity index (χ2v) is 14.5. The molecule has 0 radical (unpaired) electrons. The molecule has 2 N–H and O–H groups in total. The van der Waals surface area contributed by atoms with Gasteiger partial charge in [-0.1, -0.05) is 43.8 Å². The van der Waals surface area contributed by atoms with Gasteiger partial charge < -0.3 is 5.73 Å². The van der Waals surface area contributed by atoms with Crippen molar-refractivity contribution in [1.29, 1.82) is 0 Å². The summed E-state index contributed by atoms with van der Waals surface area (Å²) in [6, 6.07) is 14.0. The summed E-state index contributed by atoms with van der Waals surface area (Å²) in [5.74, 6) is 2.81. The van der Waals surface area contributed by atoms with Crippen molar-refractivity contribution in [3.05, 3.63) is 80.4 Å². The number of nitrogens with two attached hydrogens (primary N) is 1. The van der Waals surface area contributed by atoms with E-state index >= 15 is 0 Å². The summed E-state index contributed by atoms with van der Waals surface area (Å²) in [7, 11) is -1.51. The first kappa shape index (κ1) is 21.5. The quantitative estimate of drug-likeness (QED) is 0.292. The molecule has 1 atom stereocenters. The highest BCUT2D eigenvalue weighted by atomic mass is 127. The van der Waals surface area contributed by atoms with E-state index in [1.807, 2.05) is 35.8 Å². The third-order valence-corrected chi connectivity index (χ3v) is 6.79. The molecule has 0 spiro atoms. The number of aromatic nitrogens is 2. The highest BCUT2D eigenvalue weighted by Gasteiger charge is 2.28. The lowest BCUT2D eigenvalue weighted by Crippen LogP contribution is -2.16. The molecule has 31 heavy (non-hydrogen) atoms. The molecular formula is C24H23IN4OSi. The van der Waals surface area contributed by atoms with Crippen LogP contribution >= 0.6 is 22.6 Å². The Morgan fingerprint density at radius 2 is 1.90 bits per heavy atom. The molecule has 4 rings (SSSR count). The zero-order valence-electron chi connectivity index (χ0n) is 17.9. The van der Waals surface area contributed by atoms with E-state index in [4.69, 9.17) is 10.7 Å². The molecule has 0 bridgehead atoms. The molecule has 1 aliphatic heterocycles. The van der Waals surface area contributed by atoms with Crippen LogP contribution < -0.4 is 5.73 Å². The zero-order valence-corrected chi connectivity index (χ0v) is 21.1. The van der Waals surface area contributed by atoms with Crippen LogP contribution in [0.1, 0.15) is 45.8 Å². The molecule has 3 aromatic rings. The first-order valence-electron chi connectivity index (χ1n) is 10.0. The average molecular weight is 538 g/mol. The lowest BCUT2D eigenvalue weighted by Gasteiger charge is -2.13. The Hall–Kier alpha value is -2.70. The predicted octanol–water partition coefficient (Wildman–Crippen LogP) is 4.72. The molecule has 7 heteroatoms. The zero-order chi connectivity index (χ0) is 22.3. The topological polar surface area (TPSA) is 73.3 Å². The molecular weight excluding hydrogens is 515 g/mol. The number of carbonyl (C=O) groups is 1. The number of primary amides is 1. The summed E-state index contributed by atoms with van der Waals surface area (Å²) in [5, 5.41) is 0. The van der Waals surface area contributed by atoms with Gasteiger partial charge in [0.15, 0.2) is 5.69 Å². The minimum absolute atomic E-state index is 0.258. The Kier molecular flexibility index (Phi) is 5.62. The van der Waals surface area contributed by atoms with Gasteiger partial charge in [0.1, 0.15) is 14.4 Å². The van der Waals surface area contributed by atoms with Gasteiger partial charge in [-0.2, -0.15) is 0 Å². The van der Waals surface area contributed by atoms with E-state index in [-0.39, 0.29) is 11.7 Å². The molecule has 2 heterocycles. The number of carbonyl (C=O) groups excluding carboxylic acids is 1. The van der Waals surface area contributed by atoms with Gasteiger partial charge in [0.2, 0.25) is 0 Å². The summed E-state index contributed by atoms with van der Waals surface area (Å²) in [5.41, 5.74) is 14.8. The van der Waals surface area contributed by atoms with E-state index in [1.165, 1.54) is 0 Å². The van der Waals surface area contributed by atoms with Crippen LogP contribution in [0.4, 0.5) is 0 Å². The average Bonchev–Trinajstić information content (AvgIpc) is 3.11. The van der Waals surface area contributed by atoms with Gasteiger partial charge in [-0.25, -0.2) is 4.98 Å². The van der Waals surface area contributed by atoms with Crippen molar-refractivity contribution in [3.63, 3.8) is 0 Å². The van der Waals surface area contributed by atoms with E-state index in [1.54, 1.807) is 6.33 Å². The van der Waals surface area contributed by atoms with E-state index in [2.05, 4.69) is 76.9 Å². The molecule has 2 aromatic carbocycles. The number of aliphatic imine (C=N–C) groups is 1. The molecule has 156 valence electrons. The maximum absolute atomic E-state index is 12.0. The highest BCUT2D eigenvalue weighted by Crippen LogP contribution is 2.33. The van der Waals surface area contributed by atoms with Crippen LogP contribution in [0.2, 0.25) is 19.6 Å². The van der Waals surface area contributed by atoms with Gasteiger partial charge in [0.25, 0.3) is 5.91 Å². The van der Waals surface area contributed by atoms with Crippen molar-refractivity contribution >= 4 is 42.3 Å². The van der Waals surface area contributed by atoms with Crippen molar-refractivity contribution in [2.75, 3.05) is 0 Å². The van der Waals surface area contributed by atoms with Gasteiger partial charge in [0, 0.05) is 20.3 Å². The van der Waals surface area contributed by atoms with Gasteiger partial charge in [0.05, 0.1) is 23.1 Å². The number of hydrogen-bond acceptors (Lipinski definition) is 3. The van der Waals surface area contributed by atoms with Crippen LogP contribution in [0.25, 0.3) is 5.69 Å². The van der Waals surface area contributed by atoms with E-state index < -0.39 is 14.0 Å². The fourth-order valence-corrected chi connectivity index (χ4v) is 4.77. The van der Waals surface area contributed by atoms with Crippen molar-refractivity contribution in [1.82, 2.24) is 9.55 Å². The minimum atomic E-state index is -1.51. The number of imidazole rings is 1. The lowest BCUT2D eigenvalue weighted by molar-refractivity contribution is 0.0994. The first-order valence-corrected chi connectivity index (χ1v) is 14.6. The fourth-order valence-electron chi connectivity index (χ4n) is 3.60. The summed E-state index contributed by atoms with van der Waals surface area (Å²) in [6.07, 6.45) is 1.66. The van der Waals surface area contributed by atoms with Gasteiger partial charge >= 0.3 is 0 Å². The van der Waals surface area contributed by atoms with E-state index in [0.717, 1.165) is 31.7 Å². The van der Waals surface area contributed by atoms with E-state index in [9.17, 15) is 4.79 Å². The Labute approximate surface area is 197 Å². The van der Waals surface area contributed by atoms with Crippen LogP contribution in [0, 0.1) is 15.0 Å². The predicted molar refractivity (Wildman–Crippen MR) is 136 cm³/mol. The van der Waals surface area contributed by atoms with Crippen LogP contribution in [-0.2, 0) is 0 Å². The molecule has 1 amide bonds. The monoisotopic (exact) mass is 538 g/mol. The molecule has 5 nitrogen and oxygen atoms in total. The van der Waals surface area contributed by atoms with Crippen LogP contribution in [0.15, 0.2) is 53.8 Å². The third kappa shape index (κ3) is 4.23. The molecule has 0 unspecified atom stereocenters. The second-order valence-electron chi connectivity index (χ2n) is 8.58. The maximum Gasteiger partial charge on any atom is 0.269 e. The number of rotatable bonds is 2. The standard InChI is InChI=1S/C24H23IN4OSi/c1-15-23-22(24(26)30)27-14-29(23)20-10-9-16(11-12-31(2,3)4)13-18(20)21(28-15)17-7-5-6-8-19(17)25/h5-10,13-15H,1-4H3,(H2,26,30)/t15-/m0/s1. The Morgan fingerprint density at radius 1 is 1.16 bits per heavy atom. The van der Waals surface area contributed by atoms with Crippen molar-refractivity contribution in [3.8, 4) is 17.2 Å². The van der Waals surface area contributed by atoms with Crippen LogP contribution in [-0.4, -0.2) is 29.2 Å². The van der Waals surface area contributed by atoms with Gasteiger partial charge in [-0.05, 0) is 53.8 Å². The van der Waals surface area contributed by atoms with Crippen molar-refractivity contribution in [2.24, 2.45) is 10.7 Å². The summed E-state index contributed by atoms with van der Waals surface area (Å²) in [4.78, 5) is 21.4. The summed E-state index contributed by atoms with van der Waals surface area (Å²) >= 11 is 2.34. The summed E-state index contributed by atoms with van der Waals surface area (Å²) < 4.78 is 3.04. The Morgan fingerprint density at radius 3 is 2.58 bits per heavy atom. The smallest absolute Gasteiger partial charge is 0.269 e. The molecule has 1 aliphatic rings. The molecule has 0 aliphatic carbocycles. The highest BCUT2D eigenvalue weighted by molar-refractivity contribution is 14.1. The number of amides is 1. The second kappa shape index (κ2) is 8.09. The molecule has 1 aromatic heterocycles. The van der Waals surface area contributed by atoms with Gasteiger partial charge in [-0.3, -0.25) is 14.4 Å². The van der Waals surface area contributed by atoms with Crippen molar-refractivity contribution < 1.29 is 4.79 Å². The summed E-state index contributed by atoms with van der Waals surface area (Å²) in [6.45, 7) is 8.65. The minimum Gasteiger partial charge on any atom is -0.364 e. The molecule has 0 saturated heterocycles. The maximum atomic E-state index is 12.0.